The maximum atomic E-state index is 13.1. The van der Waals surface area contributed by atoms with E-state index >= 15 is 0 Å². The van der Waals surface area contributed by atoms with Crippen LogP contribution in [0.4, 0.5) is 4.39 Å². The first-order valence-electron chi connectivity index (χ1n) is 8.38. The number of nitriles is 1. The highest BCUT2D eigenvalue weighted by atomic mass is 19.1. The van der Waals surface area contributed by atoms with Crippen molar-refractivity contribution in [2.45, 2.75) is 13.5 Å². The lowest BCUT2D eigenvalue weighted by molar-refractivity contribution is -0.141. The molecular formula is C21H17FN2O3. The molecular weight excluding hydrogens is 347 g/mol. The zero-order chi connectivity index (χ0) is 19.4. The number of para-hydroxylation sites is 1. The quantitative estimate of drug-likeness (QED) is 0.319. The van der Waals surface area contributed by atoms with E-state index in [0.717, 1.165) is 11.1 Å². The normalized spacial score (nSPS) is 11.7. The van der Waals surface area contributed by atoms with Gasteiger partial charge in [0, 0.05) is 29.2 Å². The Bertz CT molecular complexity index is 1060. The van der Waals surface area contributed by atoms with Crippen LogP contribution in [0.25, 0.3) is 16.5 Å². The number of benzene rings is 2. The number of carbonyl (C=O) groups is 1. The number of esters is 1. The van der Waals surface area contributed by atoms with Crippen molar-refractivity contribution in [3.63, 3.8) is 0 Å². The number of rotatable bonds is 5. The van der Waals surface area contributed by atoms with Crippen molar-refractivity contribution in [3.05, 3.63) is 77.4 Å². The van der Waals surface area contributed by atoms with Crippen LogP contribution in [-0.2, 0) is 16.1 Å². The van der Waals surface area contributed by atoms with E-state index in [1.165, 1.54) is 12.1 Å². The molecule has 5 nitrogen and oxygen atoms in total. The van der Waals surface area contributed by atoms with Crippen molar-refractivity contribution >= 4 is 22.4 Å². The third-order valence-corrected chi connectivity index (χ3v) is 4.14. The molecule has 2 aromatic carbocycles. The second kappa shape index (κ2) is 7.75. The van der Waals surface area contributed by atoms with Crippen LogP contribution in [0.2, 0.25) is 0 Å². The number of fused-ring (bicyclic) bond motifs is 1. The van der Waals surface area contributed by atoms with Gasteiger partial charge in [-0.15, -0.1) is 0 Å². The summed E-state index contributed by atoms with van der Waals surface area (Å²) in [6.45, 7) is 2.15. The molecule has 0 saturated carbocycles. The predicted molar refractivity (Wildman–Crippen MR) is 99.2 cm³/mol. The average molecular weight is 364 g/mol. The molecule has 6 heteroatoms. The van der Waals surface area contributed by atoms with Gasteiger partial charge in [-0.05, 0) is 30.7 Å². The molecule has 3 aromatic rings. The third-order valence-electron chi connectivity index (χ3n) is 4.14. The van der Waals surface area contributed by atoms with Crippen molar-refractivity contribution < 1.29 is 19.0 Å². The summed E-state index contributed by atoms with van der Waals surface area (Å²) in [4.78, 5) is 11.9. The first-order valence-corrected chi connectivity index (χ1v) is 8.38. The second-order valence-corrected chi connectivity index (χ2v) is 5.87. The molecule has 0 radical (unpaired) electrons. The van der Waals surface area contributed by atoms with Crippen LogP contribution in [0.3, 0.4) is 0 Å². The Morgan fingerprint density at radius 3 is 2.59 bits per heavy atom. The molecule has 27 heavy (non-hydrogen) atoms. The molecule has 0 bridgehead atoms. The molecule has 136 valence electrons. The molecule has 1 N–H and O–H groups in total. The smallest absolute Gasteiger partial charge is 0.374 e. The lowest BCUT2D eigenvalue weighted by Gasteiger charge is -2.05. The van der Waals surface area contributed by atoms with Gasteiger partial charge >= 0.3 is 5.97 Å². The second-order valence-electron chi connectivity index (χ2n) is 5.87. The van der Waals surface area contributed by atoms with Crippen molar-refractivity contribution in [3.8, 4) is 6.07 Å². The van der Waals surface area contributed by atoms with Gasteiger partial charge in [0.2, 0.25) is 5.76 Å². The number of carbonyl (C=O) groups excluding carboxylic acids is 1. The minimum absolute atomic E-state index is 0.0912. The van der Waals surface area contributed by atoms with Crippen LogP contribution in [0.15, 0.2) is 60.5 Å². The Labute approximate surface area is 155 Å². The highest BCUT2D eigenvalue weighted by Gasteiger charge is 2.21. The molecule has 0 aliphatic carbocycles. The molecule has 0 fully saturated rings. The monoisotopic (exact) mass is 364 g/mol. The van der Waals surface area contributed by atoms with E-state index in [2.05, 4.69) is 0 Å². The Kier molecular flexibility index (Phi) is 5.23. The number of nitrogens with zero attached hydrogens (tertiary/aromatic N) is 2. The molecule has 0 spiro atoms. The van der Waals surface area contributed by atoms with Crippen molar-refractivity contribution in [2.75, 3.05) is 6.61 Å². The van der Waals surface area contributed by atoms with E-state index in [4.69, 9.17) is 4.74 Å². The van der Waals surface area contributed by atoms with E-state index in [1.54, 1.807) is 25.3 Å². The molecule has 0 unspecified atom stereocenters. The molecule has 1 heterocycles. The number of aromatic nitrogens is 1. The largest absolute Gasteiger partial charge is 0.501 e. The van der Waals surface area contributed by atoms with Gasteiger partial charge < -0.3 is 14.4 Å². The molecule has 0 atom stereocenters. The summed E-state index contributed by atoms with van der Waals surface area (Å²) in [5.74, 6) is -1.97. The molecule has 1 aromatic heterocycles. The summed E-state index contributed by atoms with van der Waals surface area (Å²) in [6.07, 6.45) is 1.70. The number of allylic oxidation sites excluding steroid dienone is 1. The topological polar surface area (TPSA) is 75.2 Å². The third kappa shape index (κ3) is 3.67. The van der Waals surface area contributed by atoms with E-state index in [1.807, 2.05) is 34.9 Å². The van der Waals surface area contributed by atoms with Crippen LogP contribution >= 0.6 is 0 Å². The number of ether oxygens (including phenoxy) is 1. The Hall–Kier alpha value is -3.59. The van der Waals surface area contributed by atoms with Gasteiger partial charge in [0.25, 0.3) is 0 Å². The summed E-state index contributed by atoms with van der Waals surface area (Å²) in [5.41, 5.74) is 1.98. The minimum Gasteiger partial charge on any atom is -0.501 e. The van der Waals surface area contributed by atoms with E-state index < -0.39 is 11.7 Å². The summed E-state index contributed by atoms with van der Waals surface area (Å²) in [7, 11) is 0. The summed E-state index contributed by atoms with van der Waals surface area (Å²) >= 11 is 0. The zero-order valence-corrected chi connectivity index (χ0v) is 14.6. The standard InChI is InChI=1S/C21H17FN2O3/c1-2-27-21(26)20(25)17(11-23)18-13-24(19-6-4-3-5-16(18)19)12-14-7-9-15(22)10-8-14/h3-10,13,25H,2,12H2,1H3/b20-17-. The van der Waals surface area contributed by atoms with Gasteiger partial charge in [-0.25, -0.2) is 9.18 Å². The van der Waals surface area contributed by atoms with Crippen LogP contribution in [0.5, 0.6) is 0 Å². The van der Waals surface area contributed by atoms with Crippen LogP contribution in [-0.4, -0.2) is 22.2 Å². The molecule has 0 amide bonds. The fraction of sp³-hybridized carbons (Fsp3) is 0.143. The van der Waals surface area contributed by atoms with Gasteiger partial charge in [0.1, 0.15) is 17.5 Å². The molecule has 0 saturated heterocycles. The maximum Gasteiger partial charge on any atom is 0.374 e. The Morgan fingerprint density at radius 1 is 1.22 bits per heavy atom. The van der Waals surface area contributed by atoms with Crippen molar-refractivity contribution in [2.24, 2.45) is 0 Å². The number of hydrogen-bond acceptors (Lipinski definition) is 4. The van der Waals surface area contributed by atoms with Crippen molar-refractivity contribution in [1.82, 2.24) is 4.57 Å². The number of aliphatic hydroxyl groups excluding tert-OH is 1. The maximum absolute atomic E-state index is 13.1. The SMILES string of the molecule is CCOC(=O)/C(O)=C(\C#N)c1cn(Cc2ccc(F)cc2)c2ccccc12. The summed E-state index contributed by atoms with van der Waals surface area (Å²) < 4.78 is 19.8. The molecule has 0 aliphatic heterocycles. The van der Waals surface area contributed by atoms with E-state index in [-0.39, 0.29) is 18.0 Å². The van der Waals surface area contributed by atoms with Crippen LogP contribution in [0, 0.1) is 17.1 Å². The van der Waals surface area contributed by atoms with Crippen LogP contribution < -0.4 is 0 Å². The fourth-order valence-electron chi connectivity index (χ4n) is 2.91. The molecule has 3 rings (SSSR count). The number of hydrogen-bond donors (Lipinski definition) is 1. The zero-order valence-electron chi connectivity index (χ0n) is 14.6. The highest BCUT2D eigenvalue weighted by molar-refractivity contribution is 6.04. The van der Waals surface area contributed by atoms with Gasteiger partial charge in [0.05, 0.1) is 6.61 Å². The highest BCUT2D eigenvalue weighted by Crippen LogP contribution is 2.29. The lowest BCUT2D eigenvalue weighted by Crippen LogP contribution is -2.09. The number of halogens is 1. The summed E-state index contributed by atoms with van der Waals surface area (Å²) in [5, 5.41) is 20.4. The van der Waals surface area contributed by atoms with Crippen molar-refractivity contribution in [1.29, 1.82) is 5.26 Å². The van der Waals surface area contributed by atoms with Gasteiger partial charge in [-0.1, -0.05) is 30.3 Å². The Morgan fingerprint density at radius 2 is 1.93 bits per heavy atom. The fourth-order valence-corrected chi connectivity index (χ4v) is 2.91. The van der Waals surface area contributed by atoms with E-state index in [9.17, 15) is 19.6 Å². The van der Waals surface area contributed by atoms with Gasteiger partial charge in [-0.3, -0.25) is 0 Å². The Balaban J connectivity index is 2.12. The van der Waals surface area contributed by atoms with E-state index in [0.29, 0.717) is 17.5 Å². The first-order chi connectivity index (χ1) is 13.0. The van der Waals surface area contributed by atoms with Crippen LogP contribution in [0.1, 0.15) is 18.1 Å². The number of aliphatic hydroxyl groups is 1. The van der Waals surface area contributed by atoms with Gasteiger partial charge in [-0.2, -0.15) is 5.26 Å². The average Bonchev–Trinajstić information content (AvgIpc) is 3.03. The predicted octanol–water partition coefficient (Wildman–Crippen LogP) is 4.18. The lowest BCUT2D eigenvalue weighted by atomic mass is 10.0. The molecule has 0 aliphatic rings. The summed E-state index contributed by atoms with van der Waals surface area (Å²) in [6, 6.07) is 15.4. The minimum atomic E-state index is -0.940. The van der Waals surface area contributed by atoms with Gasteiger partial charge in [0.15, 0.2) is 0 Å². The first kappa shape index (κ1) is 18.2.